The van der Waals surface area contributed by atoms with Crippen molar-refractivity contribution >= 4 is 27.0 Å². The van der Waals surface area contributed by atoms with Gasteiger partial charge < -0.3 is 4.74 Å². The van der Waals surface area contributed by atoms with Gasteiger partial charge in [0.15, 0.2) is 15.6 Å². The molecule has 0 atom stereocenters. The van der Waals surface area contributed by atoms with Crippen LogP contribution in [0.5, 0.6) is 0 Å². The molecule has 0 aromatic carbocycles. The number of aromatic nitrogens is 2. The third kappa shape index (κ3) is 4.11. The molecule has 8 heteroatoms. The van der Waals surface area contributed by atoms with Crippen molar-refractivity contribution in [2.24, 2.45) is 0 Å². The molecule has 0 unspecified atom stereocenters. The highest BCUT2D eigenvalue weighted by Crippen LogP contribution is 2.32. The number of hydrogen-bond acceptors (Lipinski definition) is 7. The van der Waals surface area contributed by atoms with E-state index in [2.05, 4.69) is 31.0 Å². The molecule has 1 aromatic rings. The maximum absolute atomic E-state index is 12.9. The summed E-state index contributed by atoms with van der Waals surface area (Å²) in [4.78, 5) is 12.8. The van der Waals surface area contributed by atoms with Gasteiger partial charge in [-0.05, 0) is 33.1 Å². The smallest absolute Gasteiger partial charge is 0.165 e. The van der Waals surface area contributed by atoms with E-state index in [1.165, 1.54) is 25.2 Å². The fraction of sp³-hybridized carbons (Fsp3) is 0.824. The van der Waals surface area contributed by atoms with E-state index in [-0.39, 0.29) is 17.6 Å². The molecule has 0 amide bonds. The second-order valence-electron chi connectivity index (χ2n) is 7.71. The minimum Gasteiger partial charge on any atom is -0.381 e. The van der Waals surface area contributed by atoms with Gasteiger partial charge >= 0.3 is 0 Å². The largest absolute Gasteiger partial charge is 0.381 e. The highest BCUT2D eigenvalue weighted by atomic mass is 32.2. The monoisotopic (exact) mass is 388 g/mol. The van der Waals surface area contributed by atoms with Crippen LogP contribution in [0, 0.1) is 0 Å². The summed E-state index contributed by atoms with van der Waals surface area (Å²) in [5.41, 5.74) is -0.0946. The number of ether oxygens (including phenoxy) is 1. The lowest BCUT2D eigenvalue weighted by atomic mass is 9.91. The van der Waals surface area contributed by atoms with Crippen LogP contribution in [0.15, 0.2) is 0 Å². The Morgan fingerprint density at radius 2 is 1.80 bits per heavy atom. The number of hydrogen-bond donors (Lipinski definition) is 0. The summed E-state index contributed by atoms with van der Waals surface area (Å²) >= 11 is 1.40. The summed E-state index contributed by atoms with van der Waals surface area (Å²) in [6, 6.07) is 0. The zero-order chi connectivity index (χ0) is 18.9. The molecule has 0 saturated carbocycles. The van der Waals surface area contributed by atoms with Gasteiger partial charge in [-0.15, -0.1) is 21.5 Å². The molecule has 0 aliphatic carbocycles. The van der Waals surface area contributed by atoms with Crippen molar-refractivity contribution in [1.82, 2.24) is 10.2 Å². The molecule has 1 aromatic heterocycles. The van der Waals surface area contributed by atoms with Gasteiger partial charge in [0.05, 0.1) is 11.7 Å². The lowest BCUT2D eigenvalue weighted by Gasteiger charge is -2.31. The maximum Gasteiger partial charge on any atom is 0.165 e. The Balaban J connectivity index is 2.16. The Hall–Kier alpha value is -0.860. The SMILES string of the molecule is CCC(C)(C)c1nnc(CC(=O)C(C)(C)S(=O)(=O)C2CCOCC2)s1. The van der Waals surface area contributed by atoms with Crippen molar-refractivity contribution in [3.63, 3.8) is 0 Å². The van der Waals surface area contributed by atoms with E-state index in [1.54, 1.807) is 0 Å². The number of carbonyl (C=O) groups excluding carboxylic acids is 1. The van der Waals surface area contributed by atoms with Crippen molar-refractivity contribution in [2.75, 3.05) is 13.2 Å². The molecule has 0 N–H and O–H groups in total. The second kappa shape index (κ2) is 7.40. The predicted octanol–water partition coefficient (Wildman–Crippen LogP) is 2.71. The van der Waals surface area contributed by atoms with Gasteiger partial charge in [-0.3, -0.25) is 4.79 Å². The first-order valence-electron chi connectivity index (χ1n) is 8.69. The Bertz CT molecular complexity index is 717. The highest BCUT2D eigenvalue weighted by molar-refractivity contribution is 7.94. The van der Waals surface area contributed by atoms with E-state index in [4.69, 9.17) is 4.74 Å². The summed E-state index contributed by atoms with van der Waals surface area (Å²) in [5, 5.41) is 9.26. The summed E-state index contributed by atoms with van der Waals surface area (Å²) in [6.45, 7) is 10.1. The Morgan fingerprint density at radius 3 is 2.36 bits per heavy atom. The van der Waals surface area contributed by atoms with Gasteiger partial charge in [0, 0.05) is 18.6 Å². The molecule has 1 fully saturated rings. The van der Waals surface area contributed by atoms with Gasteiger partial charge in [-0.2, -0.15) is 0 Å². The van der Waals surface area contributed by atoms with Crippen molar-refractivity contribution in [3.8, 4) is 0 Å². The molecule has 2 rings (SSSR count). The number of carbonyl (C=O) groups is 1. The summed E-state index contributed by atoms with van der Waals surface area (Å²) in [6.07, 6.45) is 1.82. The molecule has 6 nitrogen and oxygen atoms in total. The first kappa shape index (κ1) is 20.5. The molecule has 2 heterocycles. The summed E-state index contributed by atoms with van der Waals surface area (Å²) < 4.78 is 29.7. The zero-order valence-electron chi connectivity index (χ0n) is 15.7. The molecular weight excluding hydrogens is 360 g/mol. The first-order chi connectivity index (χ1) is 11.5. The minimum absolute atomic E-state index is 0.00686. The number of Topliss-reactive ketones (excluding diaryl/α,β-unsaturated/α-hetero) is 1. The number of rotatable bonds is 7. The molecule has 25 heavy (non-hydrogen) atoms. The van der Waals surface area contributed by atoms with E-state index in [1.807, 2.05) is 0 Å². The van der Waals surface area contributed by atoms with Crippen molar-refractivity contribution in [2.45, 2.75) is 75.7 Å². The molecule has 0 radical (unpaired) electrons. The van der Waals surface area contributed by atoms with Crippen LogP contribution in [0.25, 0.3) is 0 Å². The van der Waals surface area contributed by atoms with Crippen LogP contribution in [0.2, 0.25) is 0 Å². The number of sulfone groups is 1. The van der Waals surface area contributed by atoms with Gasteiger partial charge in [0.25, 0.3) is 0 Å². The number of nitrogens with zero attached hydrogens (tertiary/aromatic N) is 2. The van der Waals surface area contributed by atoms with E-state index in [0.29, 0.717) is 31.1 Å². The fourth-order valence-corrected chi connectivity index (χ4v) is 5.71. The van der Waals surface area contributed by atoms with Crippen LogP contribution in [0.1, 0.15) is 63.9 Å². The zero-order valence-corrected chi connectivity index (χ0v) is 17.3. The van der Waals surface area contributed by atoms with E-state index < -0.39 is 19.8 Å². The average molecular weight is 389 g/mol. The predicted molar refractivity (Wildman–Crippen MR) is 98.8 cm³/mol. The summed E-state index contributed by atoms with van der Waals surface area (Å²) in [7, 11) is -3.58. The maximum atomic E-state index is 12.9. The van der Waals surface area contributed by atoms with E-state index in [9.17, 15) is 13.2 Å². The number of ketones is 1. The average Bonchev–Trinajstić information content (AvgIpc) is 3.04. The minimum atomic E-state index is -3.58. The van der Waals surface area contributed by atoms with E-state index >= 15 is 0 Å². The van der Waals surface area contributed by atoms with Gasteiger partial charge in [-0.1, -0.05) is 20.8 Å². The standard InChI is InChI=1S/C17H28N2O4S2/c1-6-16(2,3)15-19-18-14(24-15)11-13(20)17(4,5)25(21,22)12-7-9-23-10-8-12/h12H,6-11H2,1-5H3. The van der Waals surface area contributed by atoms with Crippen LogP contribution in [-0.2, 0) is 31.2 Å². The van der Waals surface area contributed by atoms with Gasteiger partial charge in [0.2, 0.25) is 0 Å². The van der Waals surface area contributed by atoms with Crippen molar-refractivity contribution < 1.29 is 17.9 Å². The fourth-order valence-electron chi connectivity index (χ4n) is 2.66. The van der Waals surface area contributed by atoms with Crippen molar-refractivity contribution in [3.05, 3.63) is 10.0 Å². The topological polar surface area (TPSA) is 86.2 Å². The summed E-state index contributed by atoms with van der Waals surface area (Å²) in [5.74, 6) is -0.323. The first-order valence-corrected chi connectivity index (χ1v) is 11.1. The third-order valence-electron chi connectivity index (χ3n) is 5.23. The van der Waals surface area contributed by atoms with E-state index in [0.717, 1.165) is 11.4 Å². The lowest BCUT2D eigenvalue weighted by Crippen LogP contribution is -2.48. The Morgan fingerprint density at radius 1 is 1.20 bits per heavy atom. The molecular formula is C17H28N2O4S2. The molecule has 1 aliphatic heterocycles. The molecule has 142 valence electrons. The molecule has 0 bridgehead atoms. The molecule has 1 saturated heterocycles. The van der Waals surface area contributed by atoms with Crippen LogP contribution < -0.4 is 0 Å². The van der Waals surface area contributed by atoms with Crippen molar-refractivity contribution in [1.29, 1.82) is 0 Å². The normalized spacial score (nSPS) is 17.6. The third-order valence-corrected chi connectivity index (χ3v) is 9.52. The van der Waals surface area contributed by atoms with Crippen LogP contribution in [0.3, 0.4) is 0 Å². The highest BCUT2D eigenvalue weighted by Gasteiger charge is 2.46. The van der Waals surface area contributed by atoms with Gasteiger partial charge in [-0.25, -0.2) is 8.42 Å². The molecule has 0 spiro atoms. The van der Waals surface area contributed by atoms with Crippen LogP contribution in [-0.4, -0.2) is 47.6 Å². The Kier molecular flexibility index (Phi) is 6.06. The van der Waals surface area contributed by atoms with Crippen LogP contribution >= 0.6 is 11.3 Å². The lowest BCUT2D eigenvalue weighted by molar-refractivity contribution is -0.120. The molecule has 1 aliphatic rings. The Labute approximate surface area is 154 Å². The van der Waals surface area contributed by atoms with Crippen LogP contribution in [0.4, 0.5) is 0 Å². The second-order valence-corrected chi connectivity index (χ2v) is 11.5. The quantitative estimate of drug-likeness (QED) is 0.714. The van der Waals surface area contributed by atoms with Gasteiger partial charge in [0.1, 0.15) is 14.8 Å².